The second kappa shape index (κ2) is 10.4. The van der Waals surface area contributed by atoms with Crippen LogP contribution in [0.5, 0.6) is 5.75 Å². The highest BCUT2D eigenvalue weighted by molar-refractivity contribution is 8.18. The molecule has 0 atom stereocenters. The third-order valence-corrected chi connectivity index (χ3v) is 6.90. The Kier molecular flexibility index (Phi) is 7.57. The number of thioether (sulfide) groups is 1. The van der Waals surface area contributed by atoms with Crippen molar-refractivity contribution in [2.45, 2.75) is 13.2 Å². The van der Waals surface area contributed by atoms with Gasteiger partial charge in [-0.1, -0.05) is 76.7 Å². The van der Waals surface area contributed by atoms with Crippen molar-refractivity contribution in [3.63, 3.8) is 0 Å². The first kappa shape index (κ1) is 24.0. The molecule has 0 bridgehead atoms. The predicted octanol–water partition coefficient (Wildman–Crippen LogP) is 8.12. The van der Waals surface area contributed by atoms with Gasteiger partial charge in [-0.05, 0) is 53.7 Å². The van der Waals surface area contributed by atoms with Gasteiger partial charge in [0.25, 0.3) is 11.1 Å². The van der Waals surface area contributed by atoms with E-state index in [4.69, 9.17) is 51.1 Å². The number of para-hydroxylation sites is 1. The Labute approximate surface area is 215 Å². The lowest BCUT2D eigenvalue weighted by Gasteiger charge is -2.14. The average molecular weight is 539 g/mol. The number of carbonyl (C=O) groups excluding carboxylic acids is 2. The molecule has 1 aliphatic heterocycles. The summed E-state index contributed by atoms with van der Waals surface area (Å²) in [5, 5.41) is 1.55. The van der Waals surface area contributed by atoms with Gasteiger partial charge in [0.15, 0.2) is 0 Å². The van der Waals surface area contributed by atoms with Crippen LogP contribution in [0, 0.1) is 0 Å². The van der Waals surface area contributed by atoms with Crippen molar-refractivity contribution in [3.05, 3.63) is 102 Å². The van der Waals surface area contributed by atoms with E-state index in [1.54, 1.807) is 48.5 Å². The Morgan fingerprint density at radius 2 is 1.48 bits per heavy atom. The Morgan fingerprint density at radius 1 is 0.848 bits per heavy atom. The van der Waals surface area contributed by atoms with Crippen LogP contribution in [0.2, 0.25) is 20.1 Å². The number of amides is 2. The van der Waals surface area contributed by atoms with Gasteiger partial charge in [-0.3, -0.25) is 14.5 Å². The zero-order valence-electron chi connectivity index (χ0n) is 16.9. The third kappa shape index (κ3) is 5.68. The van der Waals surface area contributed by atoms with Crippen molar-refractivity contribution in [1.29, 1.82) is 0 Å². The highest BCUT2D eigenvalue weighted by Crippen LogP contribution is 2.36. The van der Waals surface area contributed by atoms with Gasteiger partial charge in [0.1, 0.15) is 12.4 Å². The summed E-state index contributed by atoms with van der Waals surface area (Å²) in [6, 6.07) is 17.4. The van der Waals surface area contributed by atoms with Crippen molar-refractivity contribution in [2.75, 3.05) is 0 Å². The van der Waals surface area contributed by atoms with Gasteiger partial charge in [-0.15, -0.1) is 0 Å². The maximum absolute atomic E-state index is 12.9. The molecule has 0 aliphatic carbocycles. The molecule has 0 radical (unpaired) electrons. The molecule has 4 nitrogen and oxygen atoms in total. The number of halogens is 4. The van der Waals surface area contributed by atoms with Crippen molar-refractivity contribution in [2.24, 2.45) is 0 Å². The molecule has 1 heterocycles. The topological polar surface area (TPSA) is 46.6 Å². The molecule has 9 heteroatoms. The van der Waals surface area contributed by atoms with Gasteiger partial charge in [-0.25, -0.2) is 0 Å². The molecule has 0 unspecified atom stereocenters. The fourth-order valence-electron chi connectivity index (χ4n) is 3.12. The standard InChI is InChI=1S/C24H15Cl4NO3S/c25-17-7-5-15(19(27)10-17)12-29-23(30)22(33-24(29)31)9-14-3-1-2-4-21(14)32-13-16-6-8-18(26)11-20(16)28/h1-11H,12-13H2/b22-9+. The number of ether oxygens (including phenoxy) is 1. The van der Waals surface area contributed by atoms with E-state index in [0.29, 0.717) is 41.9 Å². The molecule has 0 saturated carbocycles. The van der Waals surface area contributed by atoms with Crippen LogP contribution in [0.4, 0.5) is 4.79 Å². The van der Waals surface area contributed by atoms with E-state index in [2.05, 4.69) is 0 Å². The Bertz CT molecular complexity index is 1280. The average Bonchev–Trinajstić information content (AvgIpc) is 3.03. The Balaban J connectivity index is 1.53. The maximum atomic E-state index is 12.9. The first-order chi connectivity index (χ1) is 15.8. The molecular weight excluding hydrogens is 524 g/mol. The lowest BCUT2D eigenvalue weighted by molar-refractivity contribution is -0.123. The summed E-state index contributed by atoms with van der Waals surface area (Å²) in [6.45, 7) is 0.280. The minimum Gasteiger partial charge on any atom is -0.488 e. The van der Waals surface area contributed by atoms with Crippen LogP contribution in [0.1, 0.15) is 16.7 Å². The number of hydrogen-bond donors (Lipinski definition) is 0. The van der Waals surface area contributed by atoms with E-state index in [0.717, 1.165) is 22.2 Å². The summed E-state index contributed by atoms with van der Waals surface area (Å²) in [7, 11) is 0. The van der Waals surface area contributed by atoms with Gasteiger partial charge >= 0.3 is 0 Å². The number of hydrogen-bond acceptors (Lipinski definition) is 4. The molecule has 2 amide bonds. The van der Waals surface area contributed by atoms with Crippen LogP contribution >= 0.6 is 58.2 Å². The van der Waals surface area contributed by atoms with E-state index in [1.165, 1.54) is 0 Å². The molecular formula is C24H15Cl4NO3S. The van der Waals surface area contributed by atoms with Crippen molar-refractivity contribution in [1.82, 2.24) is 4.90 Å². The molecule has 0 aromatic heterocycles. The van der Waals surface area contributed by atoms with Crippen LogP contribution in [-0.2, 0) is 17.9 Å². The Morgan fingerprint density at radius 3 is 2.15 bits per heavy atom. The van der Waals surface area contributed by atoms with Gasteiger partial charge in [-0.2, -0.15) is 0 Å². The number of imide groups is 1. The van der Waals surface area contributed by atoms with Crippen molar-refractivity contribution < 1.29 is 14.3 Å². The molecule has 1 aliphatic rings. The normalized spacial score (nSPS) is 14.9. The Hall–Kier alpha value is -2.15. The third-order valence-electron chi connectivity index (χ3n) is 4.82. The van der Waals surface area contributed by atoms with Gasteiger partial charge in [0.05, 0.1) is 11.4 Å². The minimum atomic E-state index is -0.397. The quantitative estimate of drug-likeness (QED) is 0.297. The van der Waals surface area contributed by atoms with E-state index in [1.807, 2.05) is 18.2 Å². The SMILES string of the molecule is O=C1S/C(=C/c2ccccc2OCc2ccc(Cl)cc2Cl)C(=O)N1Cc1ccc(Cl)cc1Cl. The fraction of sp³-hybridized carbons (Fsp3) is 0.0833. The van der Waals surface area contributed by atoms with Crippen molar-refractivity contribution in [3.8, 4) is 5.75 Å². The summed E-state index contributed by atoms with van der Waals surface area (Å²) in [6.07, 6.45) is 1.65. The number of rotatable bonds is 6. The monoisotopic (exact) mass is 537 g/mol. The van der Waals surface area contributed by atoms with Gasteiger partial charge in [0, 0.05) is 31.2 Å². The van der Waals surface area contributed by atoms with Gasteiger partial charge < -0.3 is 4.74 Å². The summed E-state index contributed by atoms with van der Waals surface area (Å²) in [5.41, 5.74) is 2.07. The minimum absolute atomic E-state index is 0.0607. The first-order valence-electron chi connectivity index (χ1n) is 9.67. The molecule has 3 aromatic rings. The number of carbonyl (C=O) groups is 2. The summed E-state index contributed by atoms with van der Waals surface area (Å²) in [4.78, 5) is 26.9. The lowest BCUT2D eigenvalue weighted by Crippen LogP contribution is -2.27. The van der Waals surface area contributed by atoms with Crippen LogP contribution in [-0.4, -0.2) is 16.0 Å². The largest absolute Gasteiger partial charge is 0.488 e. The molecule has 4 rings (SSSR count). The summed E-state index contributed by atoms with van der Waals surface area (Å²) >= 11 is 25.2. The first-order valence-corrected chi connectivity index (χ1v) is 12.0. The highest BCUT2D eigenvalue weighted by Gasteiger charge is 2.35. The zero-order chi connectivity index (χ0) is 23.5. The smallest absolute Gasteiger partial charge is 0.293 e. The highest BCUT2D eigenvalue weighted by atomic mass is 35.5. The van der Waals surface area contributed by atoms with Crippen LogP contribution in [0.25, 0.3) is 6.08 Å². The van der Waals surface area contributed by atoms with Gasteiger partial charge in [0.2, 0.25) is 0 Å². The zero-order valence-corrected chi connectivity index (χ0v) is 20.7. The van der Waals surface area contributed by atoms with Crippen molar-refractivity contribution >= 4 is 75.4 Å². The number of nitrogens with zero attached hydrogens (tertiary/aromatic N) is 1. The van der Waals surface area contributed by atoms with E-state index in [9.17, 15) is 9.59 Å². The van der Waals surface area contributed by atoms with Crippen LogP contribution in [0.3, 0.4) is 0 Å². The van der Waals surface area contributed by atoms with Crippen LogP contribution in [0.15, 0.2) is 65.6 Å². The molecule has 33 heavy (non-hydrogen) atoms. The van der Waals surface area contributed by atoms with E-state index >= 15 is 0 Å². The van der Waals surface area contributed by atoms with E-state index < -0.39 is 5.91 Å². The second-order valence-electron chi connectivity index (χ2n) is 7.07. The molecule has 168 valence electrons. The number of benzene rings is 3. The van der Waals surface area contributed by atoms with E-state index in [-0.39, 0.29) is 18.4 Å². The fourth-order valence-corrected chi connectivity index (χ4v) is 4.88. The molecule has 0 N–H and O–H groups in total. The second-order valence-corrected chi connectivity index (χ2v) is 9.75. The summed E-state index contributed by atoms with van der Waals surface area (Å²) in [5.74, 6) is 0.155. The molecule has 1 saturated heterocycles. The molecule has 0 spiro atoms. The van der Waals surface area contributed by atoms with Crippen LogP contribution < -0.4 is 4.74 Å². The summed E-state index contributed by atoms with van der Waals surface area (Å²) < 4.78 is 5.94. The predicted molar refractivity (Wildman–Crippen MR) is 135 cm³/mol. The molecule has 1 fully saturated rings. The molecule has 3 aromatic carbocycles. The maximum Gasteiger partial charge on any atom is 0.293 e. The lowest BCUT2D eigenvalue weighted by atomic mass is 10.1.